The topological polar surface area (TPSA) is 30.0 Å². The van der Waals surface area contributed by atoms with Crippen molar-refractivity contribution < 1.29 is 4.79 Å². The fourth-order valence-corrected chi connectivity index (χ4v) is 1.49. The Balaban J connectivity index is 2.41. The van der Waals surface area contributed by atoms with Gasteiger partial charge in [0.1, 0.15) is 0 Å². The Labute approximate surface area is 78.0 Å². The molecule has 0 aromatic carbocycles. The lowest BCUT2D eigenvalue weighted by Gasteiger charge is -2.02. The van der Waals surface area contributed by atoms with Crippen LogP contribution in [0.25, 0.3) is 0 Å². The fraction of sp³-hybridized carbons (Fsp3) is 0.455. The molecule has 2 heteroatoms. The molecule has 68 valence electrons. The molecule has 0 unspecified atom stereocenters. The van der Waals surface area contributed by atoms with Crippen LogP contribution in [-0.2, 0) is 0 Å². The van der Waals surface area contributed by atoms with Gasteiger partial charge in [0.2, 0.25) is 0 Å². The second-order valence-corrected chi connectivity index (χ2v) is 3.75. The Hall–Kier alpha value is -1.18. The zero-order valence-corrected chi connectivity index (χ0v) is 8.00. The van der Waals surface area contributed by atoms with Crippen LogP contribution in [0.15, 0.2) is 12.1 Å². The molecule has 1 aromatic heterocycles. The van der Waals surface area contributed by atoms with Crippen molar-refractivity contribution in [2.24, 2.45) is 0 Å². The number of nitrogens with zero attached hydrogens (tertiary/aromatic N) is 1. The number of ketones is 1. The third-order valence-electron chi connectivity index (χ3n) is 2.38. The second-order valence-electron chi connectivity index (χ2n) is 3.75. The summed E-state index contributed by atoms with van der Waals surface area (Å²) in [5.74, 6) is 0.755. The summed E-state index contributed by atoms with van der Waals surface area (Å²) in [6, 6.07) is 3.79. The minimum absolute atomic E-state index is 0.132. The van der Waals surface area contributed by atoms with Gasteiger partial charge in [-0.1, -0.05) is 0 Å². The van der Waals surface area contributed by atoms with E-state index in [2.05, 4.69) is 4.98 Å². The van der Waals surface area contributed by atoms with Gasteiger partial charge in [-0.05, 0) is 38.8 Å². The van der Waals surface area contributed by atoms with Crippen LogP contribution < -0.4 is 0 Å². The normalized spacial score (nSPS) is 15.8. The Kier molecular flexibility index (Phi) is 1.91. The molecule has 1 saturated carbocycles. The van der Waals surface area contributed by atoms with E-state index in [9.17, 15) is 4.79 Å². The fourth-order valence-electron chi connectivity index (χ4n) is 1.49. The summed E-state index contributed by atoms with van der Waals surface area (Å²) < 4.78 is 0. The molecule has 1 aliphatic rings. The van der Waals surface area contributed by atoms with E-state index < -0.39 is 0 Å². The molecule has 0 saturated heterocycles. The smallest absolute Gasteiger partial charge is 0.159 e. The lowest BCUT2D eigenvalue weighted by molar-refractivity contribution is 0.101. The number of carbonyl (C=O) groups is 1. The summed E-state index contributed by atoms with van der Waals surface area (Å²) in [5, 5.41) is 0. The molecule has 2 rings (SSSR count). The van der Waals surface area contributed by atoms with Crippen LogP contribution in [-0.4, -0.2) is 10.8 Å². The highest BCUT2D eigenvalue weighted by molar-refractivity contribution is 5.94. The lowest BCUT2D eigenvalue weighted by Crippen LogP contribution is -1.98. The minimum Gasteiger partial charge on any atom is -0.295 e. The highest BCUT2D eigenvalue weighted by atomic mass is 16.1. The van der Waals surface area contributed by atoms with Crippen molar-refractivity contribution in [1.82, 2.24) is 4.98 Å². The van der Waals surface area contributed by atoms with Crippen LogP contribution in [0, 0.1) is 6.92 Å². The third-order valence-corrected chi connectivity index (χ3v) is 2.38. The lowest BCUT2D eigenvalue weighted by atomic mass is 10.1. The summed E-state index contributed by atoms with van der Waals surface area (Å²) in [7, 11) is 0. The maximum absolute atomic E-state index is 11.2. The van der Waals surface area contributed by atoms with Crippen molar-refractivity contribution in [1.29, 1.82) is 0 Å². The zero-order chi connectivity index (χ0) is 9.42. The molecule has 1 heterocycles. The summed E-state index contributed by atoms with van der Waals surface area (Å²) in [6.07, 6.45) is 2.46. The maximum atomic E-state index is 11.2. The Morgan fingerprint density at radius 3 is 2.69 bits per heavy atom. The van der Waals surface area contributed by atoms with E-state index in [-0.39, 0.29) is 5.78 Å². The van der Waals surface area contributed by atoms with Crippen molar-refractivity contribution in [3.8, 4) is 0 Å². The van der Waals surface area contributed by atoms with Crippen molar-refractivity contribution in [3.05, 3.63) is 29.1 Å². The highest BCUT2D eigenvalue weighted by Crippen LogP contribution is 2.39. The molecule has 0 spiro atoms. The first-order chi connectivity index (χ1) is 6.16. The molecule has 2 nitrogen and oxygen atoms in total. The van der Waals surface area contributed by atoms with Gasteiger partial charge >= 0.3 is 0 Å². The molecule has 1 aliphatic carbocycles. The van der Waals surface area contributed by atoms with Crippen LogP contribution in [0.2, 0.25) is 0 Å². The number of carbonyl (C=O) groups excluding carboxylic acids is 1. The van der Waals surface area contributed by atoms with Crippen molar-refractivity contribution >= 4 is 5.78 Å². The molecule has 1 aromatic rings. The predicted molar refractivity (Wildman–Crippen MR) is 51.0 cm³/mol. The average Bonchev–Trinajstić information content (AvgIpc) is 2.85. The number of aromatic nitrogens is 1. The van der Waals surface area contributed by atoms with E-state index in [1.54, 1.807) is 6.92 Å². The molecule has 0 radical (unpaired) electrons. The Bertz CT molecular complexity index is 353. The summed E-state index contributed by atoms with van der Waals surface area (Å²) in [6.45, 7) is 3.55. The van der Waals surface area contributed by atoms with Crippen LogP contribution in [0.5, 0.6) is 0 Å². The number of rotatable bonds is 2. The zero-order valence-electron chi connectivity index (χ0n) is 8.00. The van der Waals surface area contributed by atoms with Crippen LogP contribution in [0.1, 0.15) is 47.4 Å². The van der Waals surface area contributed by atoms with Gasteiger partial charge in [-0.15, -0.1) is 0 Å². The molecule has 1 fully saturated rings. The van der Waals surface area contributed by atoms with Crippen molar-refractivity contribution in [2.75, 3.05) is 0 Å². The molecule has 13 heavy (non-hydrogen) atoms. The van der Waals surface area contributed by atoms with Gasteiger partial charge < -0.3 is 0 Å². The number of pyridine rings is 1. The first-order valence-electron chi connectivity index (χ1n) is 4.66. The van der Waals surface area contributed by atoms with E-state index >= 15 is 0 Å². The first-order valence-corrected chi connectivity index (χ1v) is 4.66. The number of hydrogen-bond donors (Lipinski definition) is 0. The second kappa shape index (κ2) is 2.95. The van der Waals surface area contributed by atoms with Crippen LogP contribution >= 0.6 is 0 Å². The average molecular weight is 175 g/mol. The SMILES string of the molecule is CC(=O)c1cc(C)nc(C2CC2)c1. The molecule has 0 amide bonds. The van der Waals surface area contributed by atoms with Gasteiger partial charge in [0.25, 0.3) is 0 Å². The molecule has 0 atom stereocenters. The number of aryl methyl sites for hydroxylation is 1. The first kappa shape index (κ1) is 8.42. The predicted octanol–water partition coefficient (Wildman–Crippen LogP) is 2.47. The standard InChI is InChI=1S/C11H13NO/c1-7-5-10(8(2)13)6-11(12-7)9-3-4-9/h5-6,9H,3-4H2,1-2H3. The van der Waals surface area contributed by atoms with E-state index in [0.29, 0.717) is 5.92 Å². The van der Waals surface area contributed by atoms with Crippen LogP contribution in [0.3, 0.4) is 0 Å². The molecular weight excluding hydrogens is 162 g/mol. The number of hydrogen-bond acceptors (Lipinski definition) is 2. The van der Waals surface area contributed by atoms with E-state index in [0.717, 1.165) is 17.0 Å². The van der Waals surface area contributed by atoms with Gasteiger partial charge in [0, 0.05) is 22.9 Å². The molecule has 0 bridgehead atoms. The molecule has 0 N–H and O–H groups in total. The van der Waals surface area contributed by atoms with E-state index in [4.69, 9.17) is 0 Å². The molecule has 0 aliphatic heterocycles. The van der Waals surface area contributed by atoms with Gasteiger partial charge in [-0.2, -0.15) is 0 Å². The van der Waals surface area contributed by atoms with Gasteiger partial charge in [-0.3, -0.25) is 9.78 Å². The van der Waals surface area contributed by atoms with Crippen molar-refractivity contribution in [3.63, 3.8) is 0 Å². The van der Waals surface area contributed by atoms with Crippen molar-refractivity contribution in [2.45, 2.75) is 32.6 Å². The van der Waals surface area contributed by atoms with Gasteiger partial charge in [0.15, 0.2) is 5.78 Å². The van der Waals surface area contributed by atoms with E-state index in [1.807, 2.05) is 19.1 Å². The summed E-state index contributed by atoms with van der Waals surface area (Å²) >= 11 is 0. The van der Waals surface area contributed by atoms with E-state index in [1.165, 1.54) is 12.8 Å². The maximum Gasteiger partial charge on any atom is 0.159 e. The summed E-state index contributed by atoms with van der Waals surface area (Å²) in [5.41, 5.74) is 2.86. The quantitative estimate of drug-likeness (QED) is 0.646. The van der Waals surface area contributed by atoms with Gasteiger partial charge in [-0.25, -0.2) is 0 Å². The van der Waals surface area contributed by atoms with Gasteiger partial charge in [0.05, 0.1) is 0 Å². The Morgan fingerprint density at radius 1 is 1.46 bits per heavy atom. The van der Waals surface area contributed by atoms with Crippen LogP contribution in [0.4, 0.5) is 0 Å². The Morgan fingerprint density at radius 2 is 2.15 bits per heavy atom. The third kappa shape index (κ3) is 1.77. The largest absolute Gasteiger partial charge is 0.295 e. The molecular formula is C11H13NO. The highest BCUT2D eigenvalue weighted by Gasteiger charge is 2.25. The minimum atomic E-state index is 0.132. The summed E-state index contributed by atoms with van der Waals surface area (Å²) in [4.78, 5) is 15.6. The monoisotopic (exact) mass is 175 g/mol. The number of Topliss-reactive ketones (excluding diaryl/α,β-unsaturated/α-hetero) is 1.